The molecule has 11 aromatic rings. The Morgan fingerprint density at radius 2 is 0.964 bits per heavy atom. The molecule has 2 aromatic heterocycles. The molecule has 2 nitrogen and oxygen atoms in total. The van der Waals surface area contributed by atoms with E-state index in [1.807, 2.05) is 0 Å². The summed E-state index contributed by atoms with van der Waals surface area (Å²) in [5.41, 5.74) is 14.7. The SMILES string of the molecule is CC(C)(C)c1c2cc3ccc2c(C(C)(C)C)c2c4c(c(cc12)-c1ccc2ccccc2c1-4)n(-c1ccccc1)c1c2ccccc2ccc1n3-c1ccccc1. The lowest BCUT2D eigenvalue weighted by Crippen LogP contribution is -2.18. The third-order valence-electron chi connectivity index (χ3n) is 12.2. The van der Waals surface area contributed by atoms with E-state index in [-0.39, 0.29) is 10.8 Å². The molecule has 2 heterocycles. The van der Waals surface area contributed by atoms with Crippen LogP contribution in [-0.4, -0.2) is 9.13 Å². The lowest BCUT2D eigenvalue weighted by atomic mass is 9.73. The molecule has 2 heteroatoms. The maximum absolute atomic E-state index is 2.62. The Morgan fingerprint density at radius 3 is 1.64 bits per heavy atom. The van der Waals surface area contributed by atoms with Crippen molar-refractivity contribution in [2.45, 2.75) is 52.4 Å². The molecular weight excluding hydrogens is 677 g/mol. The van der Waals surface area contributed by atoms with Crippen LogP contribution < -0.4 is 0 Å². The Kier molecular flexibility index (Phi) is 6.82. The Morgan fingerprint density at radius 1 is 0.375 bits per heavy atom. The molecule has 0 saturated carbocycles. The number of rotatable bonds is 2. The smallest absolute Gasteiger partial charge is 0.0781 e. The molecule has 0 N–H and O–H groups in total. The van der Waals surface area contributed by atoms with Crippen molar-refractivity contribution in [3.63, 3.8) is 0 Å². The molecule has 0 spiro atoms. The fraction of sp³-hybridized carbons (Fsp3) is 0.148. The predicted octanol–water partition coefficient (Wildman–Crippen LogP) is 15.0. The lowest BCUT2D eigenvalue weighted by molar-refractivity contribution is 0.593. The van der Waals surface area contributed by atoms with Gasteiger partial charge in [0, 0.05) is 39.0 Å². The molecule has 0 unspecified atom stereocenters. The minimum Gasteiger partial charge on any atom is -0.308 e. The number of nitrogens with zero attached hydrogens (tertiary/aromatic N) is 2. The standard InChI is InChI=1S/C54H44N2/c1-53(2,3)49-42-31-37-27-29-41(42)50(54(4,5)6)47-44(49)32-43-40-28-25-33-17-13-15-23-38(33)46(40)48(47)52(43)56(36-21-11-8-12-22-36)51-39-24-16-14-18-34(39)26-30-45(51)55(37)35-19-9-7-10-20-35/h7-32H,1-6H3. The van der Waals surface area contributed by atoms with Crippen molar-refractivity contribution in [1.29, 1.82) is 0 Å². The van der Waals surface area contributed by atoms with Crippen molar-refractivity contribution in [3.8, 4) is 33.6 Å². The number of benzene rings is 9. The molecule has 0 aliphatic heterocycles. The Balaban J connectivity index is 1.61. The van der Waals surface area contributed by atoms with E-state index in [0.717, 1.165) is 22.4 Å². The van der Waals surface area contributed by atoms with E-state index in [9.17, 15) is 0 Å². The minimum absolute atomic E-state index is 0.144. The predicted molar refractivity (Wildman–Crippen MR) is 241 cm³/mol. The normalized spacial score (nSPS) is 12.8. The van der Waals surface area contributed by atoms with Crippen molar-refractivity contribution >= 4 is 65.2 Å². The second-order valence-electron chi connectivity index (χ2n) is 17.8. The summed E-state index contributed by atoms with van der Waals surface area (Å²) in [5, 5.41) is 10.4. The summed E-state index contributed by atoms with van der Waals surface area (Å²) in [6.07, 6.45) is 0. The van der Waals surface area contributed by atoms with Crippen LogP contribution in [0.3, 0.4) is 0 Å². The van der Waals surface area contributed by atoms with Gasteiger partial charge in [-0.05, 0) is 114 Å². The first kappa shape index (κ1) is 33.0. The number of hydrogen-bond acceptors (Lipinski definition) is 0. The maximum Gasteiger partial charge on any atom is 0.0781 e. The third-order valence-corrected chi connectivity index (χ3v) is 12.2. The van der Waals surface area contributed by atoms with Crippen molar-refractivity contribution in [1.82, 2.24) is 9.13 Å². The van der Waals surface area contributed by atoms with Crippen LogP contribution in [0.5, 0.6) is 0 Å². The van der Waals surface area contributed by atoms with E-state index < -0.39 is 0 Å². The Bertz CT molecular complexity index is 3290. The monoisotopic (exact) mass is 720 g/mol. The molecule has 0 atom stereocenters. The second kappa shape index (κ2) is 11.6. The molecule has 270 valence electrons. The van der Waals surface area contributed by atoms with Crippen LogP contribution in [0, 0.1) is 0 Å². The van der Waals surface area contributed by atoms with Crippen LogP contribution >= 0.6 is 0 Å². The first-order valence-corrected chi connectivity index (χ1v) is 20.0. The summed E-state index contributed by atoms with van der Waals surface area (Å²) in [6.45, 7) is 14.4. The molecule has 0 radical (unpaired) electrons. The average Bonchev–Trinajstić information content (AvgIpc) is 3.42. The van der Waals surface area contributed by atoms with Gasteiger partial charge in [0.15, 0.2) is 0 Å². The zero-order valence-electron chi connectivity index (χ0n) is 32.9. The molecule has 8 bridgehead atoms. The number of para-hydroxylation sites is 2. The maximum atomic E-state index is 2.62. The summed E-state index contributed by atoms with van der Waals surface area (Å²) in [4.78, 5) is 0. The Hall–Kier alpha value is -6.38. The van der Waals surface area contributed by atoms with Gasteiger partial charge in [0.2, 0.25) is 0 Å². The van der Waals surface area contributed by atoms with E-state index in [1.165, 1.54) is 87.5 Å². The van der Waals surface area contributed by atoms with E-state index in [0.29, 0.717) is 0 Å². The number of fused-ring (bicyclic) bond motifs is 5. The highest BCUT2D eigenvalue weighted by molar-refractivity contribution is 6.28. The lowest BCUT2D eigenvalue weighted by Gasteiger charge is -2.32. The average molecular weight is 721 g/mol. The number of aromatic nitrogens is 2. The van der Waals surface area contributed by atoms with E-state index in [1.54, 1.807) is 0 Å². The van der Waals surface area contributed by atoms with Crippen LogP contribution in [0.1, 0.15) is 52.7 Å². The van der Waals surface area contributed by atoms with Crippen molar-refractivity contribution in [3.05, 3.63) is 169 Å². The Labute approximate surface area is 327 Å². The molecular formula is C54H44N2. The van der Waals surface area contributed by atoms with Gasteiger partial charge in [0.1, 0.15) is 0 Å². The first-order valence-electron chi connectivity index (χ1n) is 20.0. The summed E-state index contributed by atoms with van der Waals surface area (Å²) in [6, 6.07) is 59.2. The van der Waals surface area contributed by atoms with Crippen molar-refractivity contribution < 1.29 is 0 Å². The number of hydrogen-bond donors (Lipinski definition) is 0. The van der Waals surface area contributed by atoms with Gasteiger partial charge in [0.05, 0.1) is 16.6 Å². The van der Waals surface area contributed by atoms with Crippen LogP contribution in [-0.2, 0) is 10.8 Å². The molecule has 1 aliphatic rings. The highest BCUT2D eigenvalue weighted by Crippen LogP contribution is 2.57. The molecule has 9 aromatic carbocycles. The van der Waals surface area contributed by atoms with Gasteiger partial charge in [-0.15, -0.1) is 0 Å². The molecule has 0 amide bonds. The topological polar surface area (TPSA) is 9.86 Å². The van der Waals surface area contributed by atoms with Gasteiger partial charge in [-0.25, -0.2) is 0 Å². The highest BCUT2D eigenvalue weighted by Gasteiger charge is 2.35. The zero-order chi connectivity index (χ0) is 38.1. The fourth-order valence-electron chi connectivity index (χ4n) is 10.1. The summed E-state index contributed by atoms with van der Waals surface area (Å²) in [7, 11) is 0. The fourth-order valence-corrected chi connectivity index (χ4v) is 10.1. The van der Waals surface area contributed by atoms with E-state index in [4.69, 9.17) is 0 Å². The summed E-state index contributed by atoms with van der Waals surface area (Å²) in [5.74, 6) is 0. The quantitative estimate of drug-likeness (QED) is 0.157. The van der Waals surface area contributed by atoms with Crippen molar-refractivity contribution in [2.24, 2.45) is 0 Å². The highest BCUT2D eigenvalue weighted by atomic mass is 15.0. The minimum atomic E-state index is -0.164. The van der Waals surface area contributed by atoms with Crippen LogP contribution in [0.15, 0.2) is 158 Å². The van der Waals surface area contributed by atoms with Crippen LogP contribution in [0.2, 0.25) is 0 Å². The van der Waals surface area contributed by atoms with Gasteiger partial charge in [-0.1, -0.05) is 151 Å². The van der Waals surface area contributed by atoms with Crippen LogP contribution in [0.25, 0.3) is 98.8 Å². The van der Waals surface area contributed by atoms with Gasteiger partial charge in [0.25, 0.3) is 0 Å². The molecule has 56 heavy (non-hydrogen) atoms. The van der Waals surface area contributed by atoms with Crippen molar-refractivity contribution in [2.75, 3.05) is 0 Å². The summed E-state index contributed by atoms with van der Waals surface area (Å²) >= 11 is 0. The van der Waals surface area contributed by atoms with Gasteiger partial charge < -0.3 is 9.13 Å². The molecule has 12 rings (SSSR count). The van der Waals surface area contributed by atoms with Gasteiger partial charge in [-0.2, -0.15) is 0 Å². The summed E-state index contributed by atoms with van der Waals surface area (Å²) < 4.78 is 5.12. The molecule has 0 fully saturated rings. The molecule has 1 aliphatic carbocycles. The third kappa shape index (κ3) is 4.56. The molecule has 0 saturated heterocycles. The van der Waals surface area contributed by atoms with E-state index in [2.05, 4.69) is 208 Å². The van der Waals surface area contributed by atoms with Gasteiger partial charge in [-0.3, -0.25) is 0 Å². The zero-order valence-corrected chi connectivity index (χ0v) is 32.9. The van der Waals surface area contributed by atoms with Gasteiger partial charge >= 0.3 is 0 Å². The largest absolute Gasteiger partial charge is 0.308 e. The first-order chi connectivity index (χ1) is 27.1. The van der Waals surface area contributed by atoms with E-state index >= 15 is 0 Å². The second-order valence-corrected chi connectivity index (χ2v) is 17.8. The van der Waals surface area contributed by atoms with Crippen LogP contribution in [0.4, 0.5) is 0 Å².